The minimum atomic E-state index is -4.65. The molecule has 0 spiro atoms. The number of alkyl halides is 3. The maximum atomic E-state index is 13.3. The van der Waals surface area contributed by atoms with Crippen LogP contribution in [0, 0.1) is 13.8 Å². The van der Waals surface area contributed by atoms with Crippen molar-refractivity contribution < 1.29 is 18.3 Å². The van der Waals surface area contributed by atoms with E-state index in [1.54, 1.807) is 27.0 Å². The highest BCUT2D eigenvalue weighted by molar-refractivity contribution is 5.60. The number of anilines is 1. The molecular formula is C19H21F3N6O. The third-order valence-electron chi connectivity index (χ3n) is 5.37. The van der Waals surface area contributed by atoms with Crippen molar-refractivity contribution in [3.63, 3.8) is 0 Å². The van der Waals surface area contributed by atoms with Gasteiger partial charge in [0.25, 0.3) is 5.82 Å². The van der Waals surface area contributed by atoms with Crippen LogP contribution < -0.4 is 4.90 Å². The van der Waals surface area contributed by atoms with Crippen LogP contribution in [0.25, 0.3) is 5.65 Å². The monoisotopic (exact) mass is 406 g/mol. The molecule has 29 heavy (non-hydrogen) atoms. The van der Waals surface area contributed by atoms with Crippen LogP contribution in [-0.4, -0.2) is 36.4 Å². The van der Waals surface area contributed by atoms with Crippen LogP contribution in [0.5, 0.6) is 0 Å². The Morgan fingerprint density at radius 3 is 2.48 bits per heavy atom. The van der Waals surface area contributed by atoms with E-state index >= 15 is 0 Å². The Labute approximate surface area is 165 Å². The molecule has 1 aliphatic heterocycles. The molecular weight excluding hydrogens is 385 g/mol. The van der Waals surface area contributed by atoms with Gasteiger partial charge in [-0.2, -0.15) is 17.7 Å². The zero-order valence-electron chi connectivity index (χ0n) is 16.5. The lowest BCUT2D eigenvalue weighted by Gasteiger charge is -2.31. The van der Waals surface area contributed by atoms with Gasteiger partial charge in [-0.3, -0.25) is 4.98 Å². The van der Waals surface area contributed by atoms with Crippen molar-refractivity contribution in [1.82, 2.24) is 24.8 Å². The molecule has 3 aromatic rings. The van der Waals surface area contributed by atoms with Crippen molar-refractivity contribution in [2.75, 3.05) is 11.4 Å². The van der Waals surface area contributed by atoms with Gasteiger partial charge in [0.05, 0.1) is 5.60 Å². The summed E-state index contributed by atoms with van der Waals surface area (Å²) in [6, 6.07) is 1.90. The summed E-state index contributed by atoms with van der Waals surface area (Å²) in [5.41, 5.74) is 2.97. The molecule has 0 saturated heterocycles. The van der Waals surface area contributed by atoms with E-state index in [-0.39, 0.29) is 5.65 Å². The second-order valence-corrected chi connectivity index (χ2v) is 7.89. The van der Waals surface area contributed by atoms with Crippen molar-refractivity contribution in [2.45, 2.75) is 52.4 Å². The molecule has 0 unspecified atom stereocenters. The predicted molar refractivity (Wildman–Crippen MR) is 99.5 cm³/mol. The zero-order chi connectivity index (χ0) is 21.1. The van der Waals surface area contributed by atoms with Gasteiger partial charge in [0.1, 0.15) is 0 Å². The van der Waals surface area contributed by atoms with Crippen LogP contribution in [0.1, 0.15) is 47.6 Å². The summed E-state index contributed by atoms with van der Waals surface area (Å²) in [7, 11) is 0. The van der Waals surface area contributed by atoms with Gasteiger partial charge in [-0.25, -0.2) is 0 Å². The molecule has 0 aromatic carbocycles. The van der Waals surface area contributed by atoms with Crippen LogP contribution in [0.15, 0.2) is 12.3 Å². The number of aryl methyl sites for hydroxylation is 1. The van der Waals surface area contributed by atoms with Gasteiger partial charge in [-0.1, -0.05) is 0 Å². The SMILES string of the molecule is Cc1c(N2CCc3ncc(C(C)(C)O)cc3C2)nn2c(C(F)(F)F)nnc2c1C. The van der Waals surface area contributed by atoms with Gasteiger partial charge < -0.3 is 10.0 Å². The van der Waals surface area contributed by atoms with Gasteiger partial charge in [0.15, 0.2) is 11.5 Å². The first-order valence-corrected chi connectivity index (χ1v) is 9.22. The van der Waals surface area contributed by atoms with Gasteiger partial charge in [-0.15, -0.1) is 15.3 Å². The number of aliphatic hydroxyl groups is 1. The van der Waals surface area contributed by atoms with E-state index in [4.69, 9.17) is 0 Å². The maximum Gasteiger partial charge on any atom is 0.453 e. The van der Waals surface area contributed by atoms with E-state index in [0.29, 0.717) is 36.5 Å². The van der Waals surface area contributed by atoms with Crippen LogP contribution >= 0.6 is 0 Å². The molecule has 10 heteroatoms. The normalized spacial score (nSPS) is 15.1. The number of halogens is 3. The minimum Gasteiger partial charge on any atom is -0.386 e. The smallest absolute Gasteiger partial charge is 0.386 e. The van der Waals surface area contributed by atoms with E-state index in [1.807, 2.05) is 17.9 Å². The Balaban J connectivity index is 1.79. The van der Waals surface area contributed by atoms with Gasteiger partial charge >= 0.3 is 6.18 Å². The summed E-state index contributed by atoms with van der Waals surface area (Å²) >= 11 is 0. The number of fused-ring (bicyclic) bond motifs is 2. The van der Waals surface area contributed by atoms with E-state index in [9.17, 15) is 18.3 Å². The summed E-state index contributed by atoms with van der Waals surface area (Å²) < 4.78 is 40.7. The van der Waals surface area contributed by atoms with Gasteiger partial charge in [0, 0.05) is 48.1 Å². The molecule has 1 aliphatic rings. The molecule has 0 fully saturated rings. The highest BCUT2D eigenvalue weighted by Crippen LogP contribution is 2.32. The average Bonchev–Trinajstić information content (AvgIpc) is 3.07. The minimum absolute atomic E-state index is 0.0990. The fraction of sp³-hybridized carbons (Fsp3) is 0.474. The number of hydrogen-bond donors (Lipinski definition) is 1. The highest BCUT2D eigenvalue weighted by atomic mass is 19.4. The molecule has 1 N–H and O–H groups in total. The lowest BCUT2D eigenvalue weighted by atomic mass is 9.95. The van der Waals surface area contributed by atoms with Crippen molar-refractivity contribution in [3.05, 3.63) is 46.0 Å². The molecule has 0 amide bonds. The summed E-state index contributed by atoms with van der Waals surface area (Å²) in [5.74, 6) is -0.681. The first kappa shape index (κ1) is 19.6. The summed E-state index contributed by atoms with van der Waals surface area (Å²) in [6.45, 7) is 7.92. The van der Waals surface area contributed by atoms with Crippen molar-refractivity contribution in [1.29, 1.82) is 0 Å². The molecule has 0 saturated carbocycles. The van der Waals surface area contributed by atoms with Crippen LogP contribution in [-0.2, 0) is 24.7 Å². The Morgan fingerprint density at radius 1 is 1.10 bits per heavy atom. The summed E-state index contributed by atoms with van der Waals surface area (Å²) in [5, 5.41) is 21.5. The molecule has 4 heterocycles. The first-order valence-electron chi connectivity index (χ1n) is 9.22. The van der Waals surface area contributed by atoms with Gasteiger partial charge in [-0.05, 0) is 39.3 Å². The Hall–Kier alpha value is -2.75. The topological polar surface area (TPSA) is 79.4 Å². The number of nitrogens with zero attached hydrogens (tertiary/aromatic N) is 6. The first-order chi connectivity index (χ1) is 13.5. The van der Waals surface area contributed by atoms with Crippen LogP contribution in [0.2, 0.25) is 0 Å². The zero-order valence-corrected chi connectivity index (χ0v) is 16.5. The van der Waals surface area contributed by atoms with Crippen LogP contribution in [0.4, 0.5) is 19.0 Å². The number of rotatable bonds is 2. The third kappa shape index (κ3) is 3.31. The molecule has 7 nitrogen and oxygen atoms in total. The van der Waals surface area contributed by atoms with Crippen molar-refractivity contribution in [2.24, 2.45) is 0 Å². The van der Waals surface area contributed by atoms with Crippen molar-refractivity contribution in [3.8, 4) is 0 Å². The Morgan fingerprint density at radius 2 is 1.83 bits per heavy atom. The standard InChI is InChI=1S/C19H21F3N6O/c1-10-11(2)16(26-28-15(10)24-25-17(28)19(20,21)22)27-6-5-14-12(9-27)7-13(8-23-14)18(3,4)29/h7-8,29H,5-6,9H2,1-4H3. The molecule has 0 aliphatic carbocycles. The van der Waals surface area contributed by atoms with Gasteiger partial charge in [0.2, 0.25) is 0 Å². The third-order valence-corrected chi connectivity index (χ3v) is 5.37. The molecule has 0 bridgehead atoms. The summed E-state index contributed by atoms with van der Waals surface area (Å²) in [4.78, 5) is 6.39. The molecule has 0 radical (unpaired) electrons. The van der Waals surface area contributed by atoms with Crippen molar-refractivity contribution >= 4 is 11.5 Å². The van der Waals surface area contributed by atoms with E-state index in [0.717, 1.165) is 21.3 Å². The second kappa shape index (κ2) is 6.38. The predicted octanol–water partition coefficient (Wildman–Crippen LogP) is 2.95. The number of hydrogen-bond acceptors (Lipinski definition) is 6. The van der Waals surface area contributed by atoms with E-state index < -0.39 is 17.6 Å². The van der Waals surface area contributed by atoms with E-state index in [1.165, 1.54) is 0 Å². The Bertz CT molecular complexity index is 1100. The lowest BCUT2D eigenvalue weighted by molar-refractivity contribution is -0.146. The molecule has 3 aromatic heterocycles. The molecule has 4 rings (SSSR count). The highest BCUT2D eigenvalue weighted by Gasteiger charge is 2.38. The number of aromatic nitrogens is 5. The average molecular weight is 406 g/mol. The number of pyridine rings is 1. The lowest BCUT2D eigenvalue weighted by Crippen LogP contribution is -2.33. The largest absolute Gasteiger partial charge is 0.453 e. The summed E-state index contributed by atoms with van der Waals surface area (Å²) in [6.07, 6.45) is -2.35. The fourth-order valence-electron chi connectivity index (χ4n) is 3.53. The second-order valence-electron chi connectivity index (χ2n) is 7.89. The quantitative estimate of drug-likeness (QED) is 0.705. The Kier molecular flexibility index (Phi) is 4.30. The molecule has 0 atom stereocenters. The van der Waals surface area contributed by atoms with Crippen LogP contribution in [0.3, 0.4) is 0 Å². The molecule has 154 valence electrons. The van der Waals surface area contributed by atoms with E-state index in [2.05, 4.69) is 20.3 Å². The fourth-order valence-corrected chi connectivity index (χ4v) is 3.53. The maximum absolute atomic E-state index is 13.3.